The number of allylic oxidation sites excluding steroid dienone is 2. The van der Waals surface area contributed by atoms with E-state index in [-0.39, 0.29) is 0 Å². The van der Waals surface area contributed by atoms with E-state index >= 15 is 0 Å². The van der Waals surface area contributed by atoms with Gasteiger partial charge in [-0.2, -0.15) is 11.1 Å². The molecule has 0 aromatic heterocycles. The van der Waals surface area contributed by atoms with Crippen molar-refractivity contribution >= 4 is 25.9 Å². The van der Waals surface area contributed by atoms with Crippen LogP contribution in [0, 0.1) is 0 Å². The Bertz CT molecular complexity index is 174. The molecule has 0 saturated heterocycles. The first-order valence-corrected chi connectivity index (χ1v) is 8.28. The third-order valence-electron chi connectivity index (χ3n) is 2.86. The van der Waals surface area contributed by atoms with Gasteiger partial charge in [-0.3, -0.25) is 0 Å². The summed E-state index contributed by atoms with van der Waals surface area (Å²) in [6.45, 7) is 11.9. The Kier molecular flexibility index (Phi) is 6.88. The summed E-state index contributed by atoms with van der Waals surface area (Å²) in [4.78, 5) is 0. The van der Waals surface area contributed by atoms with Crippen LogP contribution in [-0.4, -0.2) is 14.8 Å². The summed E-state index contributed by atoms with van der Waals surface area (Å²) in [5.74, 6) is 0. The highest BCUT2D eigenvalue weighted by molar-refractivity contribution is 7.10. The maximum atomic E-state index is 6.20. The second-order valence-electron chi connectivity index (χ2n) is 3.55. The zero-order valence-electron chi connectivity index (χ0n) is 9.58. The Hall–Kier alpha value is 0.312. The molecular formula is C10H21BClSi. The molecule has 0 aliphatic rings. The van der Waals surface area contributed by atoms with Gasteiger partial charge >= 0.3 is 0 Å². The summed E-state index contributed by atoms with van der Waals surface area (Å²) < 4.78 is 0. The number of hydrogen-bond donors (Lipinski definition) is 0. The molecule has 0 aromatic carbocycles. The van der Waals surface area contributed by atoms with Crippen molar-refractivity contribution in [3.8, 4) is 0 Å². The van der Waals surface area contributed by atoms with Gasteiger partial charge in [0, 0.05) is 0 Å². The van der Waals surface area contributed by atoms with Crippen LogP contribution in [0.5, 0.6) is 0 Å². The molecule has 0 rings (SSSR count). The average molecular weight is 216 g/mol. The van der Waals surface area contributed by atoms with Gasteiger partial charge in [-0.15, -0.1) is 5.47 Å². The average Bonchev–Trinajstić information content (AvgIpc) is 2.12. The minimum atomic E-state index is -0.736. The van der Waals surface area contributed by atoms with Gasteiger partial charge in [-0.25, -0.2) is 0 Å². The minimum Gasteiger partial charge on any atom is -0.163 e. The zero-order chi connectivity index (χ0) is 10.4. The summed E-state index contributed by atoms with van der Waals surface area (Å²) in [6.07, 6.45) is 3.68. The van der Waals surface area contributed by atoms with Crippen LogP contribution in [0.15, 0.2) is 10.7 Å². The van der Waals surface area contributed by atoms with Gasteiger partial charge in [0.25, 0.3) is 0 Å². The fraction of sp³-hybridized carbons (Fsp3) is 0.800. The van der Waals surface area contributed by atoms with Crippen LogP contribution in [0.3, 0.4) is 0 Å². The van der Waals surface area contributed by atoms with Gasteiger partial charge in [0.15, 0.2) is 14.8 Å². The number of halogens is 1. The van der Waals surface area contributed by atoms with Crippen molar-refractivity contribution in [2.24, 2.45) is 0 Å². The third-order valence-corrected chi connectivity index (χ3v) is 5.06. The maximum absolute atomic E-state index is 6.20. The molecule has 0 saturated carbocycles. The predicted molar refractivity (Wildman–Crippen MR) is 67.2 cm³/mol. The Morgan fingerprint density at radius 1 is 1.23 bits per heavy atom. The van der Waals surface area contributed by atoms with Gasteiger partial charge in [0.1, 0.15) is 0 Å². The summed E-state index contributed by atoms with van der Waals surface area (Å²) in [6, 6.07) is 0. The summed E-state index contributed by atoms with van der Waals surface area (Å²) in [5, 5.41) is 1.49. The Morgan fingerprint density at radius 3 is 1.92 bits per heavy atom. The second kappa shape index (κ2) is 6.72. The fourth-order valence-corrected chi connectivity index (χ4v) is 3.05. The first-order valence-electron chi connectivity index (χ1n) is 5.27. The molecular weight excluding hydrogens is 194 g/mol. The summed E-state index contributed by atoms with van der Waals surface area (Å²) >= 11 is 6.20. The quantitative estimate of drug-likeness (QED) is 0.477. The Labute approximate surface area is 90.1 Å². The molecule has 1 radical (unpaired) electrons. The van der Waals surface area contributed by atoms with Crippen LogP contribution in [-0.2, 0) is 0 Å². The van der Waals surface area contributed by atoms with E-state index in [0.717, 1.165) is 6.71 Å². The van der Waals surface area contributed by atoms with Crippen molar-refractivity contribution in [1.82, 2.24) is 0 Å². The molecule has 0 fully saturated rings. The van der Waals surface area contributed by atoms with E-state index in [0.29, 0.717) is 0 Å². The predicted octanol–water partition coefficient (Wildman–Crippen LogP) is 4.19. The lowest BCUT2D eigenvalue weighted by Gasteiger charge is -2.17. The van der Waals surface area contributed by atoms with Gasteiger partial charge < -0.3 is 0 Å². The Balaban J connectivity index is 4.73. The SMILES string of the molecule is CCB(CC)/C(CC)=C(\C)[Si](C)Cl. The first-order chi connectivity index (χ1) is 6.08. The van der Waals surface area contributed by atoms with Gasteiger partial charge in [-0.05, 0) is 13.3 Å². The van der Waals surface area contributed by atoms with Crippen LogP contribution in [0.4, 0.5) is 0 Å². The molecule has 0 bridgehead atoms. The van der Waals surface area contributed by atoms with Gasteiger partial charge in [-0.1, -0.05) is 45.2 Å². The molecule has 0 heterocycles. The first kappa shape index (κ1) is 13.3. The zero-order valence-corrected chi connectivity index (χ0v) is 11.3. The normalized spacial score (nSPS) is 13.2. The maximum Gasteiger partial charge on any atom is 0.191 e. The van der Waals surface area contributed by atoms with E-state index in [2.05, 4.69) is 34.2 Å². The molecule has 3 heteroatoms. The highest BCUT2D eigenvalue weighted by Crippen LogP contribution is 2.20. The van der Waals surface area contributed by atoms with Crippen molar-refractivity contribution < 1.29 is 0 Å². The van der Waals surface area contributed by atoms with Crippen molar-refractivity contribution in [2.45, 2.75) is 53.3 Å². The van der Waals surface area contributed by atoms with Crippen LogP contribution in [0.25, 0.3) is 0 Å². The lowest BCUT2D eigenvalue weighted by Crippen LogP contribution is -2.18. The minimum absolute atomic E-state index is 0.736. The van der Waals surface area contributed by atoms with E-state index in [1.165, 1.54) is 24.3 Å². The number of hydrogen-bond acceptors (Lipinski definition) is 0. The van der Waals surface area contributed by atoms with Crippen LogP contribution < -0.4 is 0 Å². The van der Waals surface area contributed by atoms with Crippen molar-refractivity contribution in [3.05, 3.63) is 10.7 Å². The van der Waals surface area contributed by atoms with Crippen LogP contribution in [0.2, 0.25) is 19.2 Å². The second-order valence-corrected chi connectivity index (χ2v) is 7.07. The molecule has 0 unspecified atom stereocenters. The summed E-state index contributed by atoms with van der Waals surface area (Å²) in [7, 11) is -0.736. The molecule has 0 amide bonds. The molecule has 0 aromatic rings. The Morgan fingerprint density at radius 2 is 1.69 bits per heavy atom. The molecule has 0 aliphatic carbocycles. The smallest absolute Gasteiger partial charge is 0.163 e. The standard InChI is InChI=1S/C10H21BClSi/c1-6-10(9(4)13(5)12)11(7-2)8-3/h6-8H2,1-5H3/b10-9+. The molecule has 0 spiro atoms. The highest BCUT2D eigenvalue weighted by atomic mass is 35.6. The monoisotopic (exact) mass is 215 g/mol. The van der Waals surface area contributed by atoms with E-state index in [1.807, 2.05) is 0 Å². The van der Waals surface area contributed by atoms with Crippen LogP contribution >= 0.6 is 11.1 Å². The van der Waals surface area contributed by atoms with Gasteiger partial charge in [0.2, 0.25) is 0 Å². The lowest BCUT2D eigenvalue weighted by molar-refractivity contribution is 1.13. The van der Waals surface area contributed by atoms with Crippen molar-refractivity contribution in [2.75, 3.05) is 0 Å². The lowest BCUT2D eigenvalue weighted by atomic mass is 9.40. The van der Waals surface area contributed by atoms with Crippen molar-refractivity contribution in [1.29, 1.82) is 0 Å². The molecule has 13 heavy (non-hydrogen) atoms. The fourth-order valence-electron chi connectivity index (χ4n) is 1.86. The van der Waals surface area contributed by atoms with Gasteiger partial charge in [0.05, 0.1) is 0 Å². The van der Waals surface area contributed by atoms with E-state index in [9.17, 15) is 0 Å². The van der Waals surface area contributed by atoms with Crippen LogP contribution in [0.1, 0.15) is 34.1 Å². The molecule has 0 nitrogen and oxygen atoms in total. The van der Waals surface area contributed by atoms with E-state index in [4.69, 9.17) is 11.1 Å². The molecule has 0 aliphatic heterocycles. The molecule has 0 N–H and O–H groups in total. The molecule has 75 valence electrons. The topological polar surface area (TPSA) is 0 Å². The largest absolute Gasteiger partial charge is 0.191 e. The third kappa shape index (κ3) is 3.90. The summed E-state index contributed by atoms with van der Waals surface area (Å²) in [5.41, 5.74) is 1.62. The van der Waals surface area contributed by atoms with Crippen molar-refractivity contribution in [3.63, 3.8) is 0 Å². The highest BCUT2D eigenvalue weighted by Gasteiger charge is 2.17. The number of rotatable bonds is 5. The van der Waals surface area contributed by atoms with E-state index < -0.39 is 8.11 Å². The molecule has 0 atom stereocenters. The van der Waals surface area contributed by atoms with E-state index in [1.54, 1.807) is 5.47 Å².